The second kappa shape index (κ2) is 51.3. The van der Waals surface area contributed by atoms with Gasteiger partial charge in [0.1, 0.15) is 13.2 Å². The van der Waals surface area contributed by atoms with E-state index in [1.807, 2.05) is 0 Å². The first-order chi connectivity index (χ1) is 32.1. The molecule has 0 saturated heterocycles. The van der Waals surface area contributed by atoms with Crippen molar-refractivity contribution >= 4 is 17.9 Å². The van der Waals surface area contributed by atoms with Crippen molar-refractivity contribution < 1.29 is 28.6 Å². The fraction of sp³-hybridized carbons (Fsp3) is 0.950. The fourth-order valence-electron chi connectivity index (χ4n) is 9.14. The molecule has 0 spiro atoms. The smallest absolute Gasteiger partial charge is 0.306 e. The van der Waals surface area contributed by atoms with E-state index in [4.69, 9.17) is 14.2 Å². The second-order valence-corrected chi connectivity index (χ2v) is 21.8. The van der Waals surface area contributed by atoms with Crippen molar-refractivity contribution in [3.8, 4) is 0 Å². The van der Waals surface area contributed by atoms with E-state index in [9.17, 15) is 14.4 Å². The molecule has 2 atom stereocenters. The molecule has 0 N–H and O–H groups in total. The number of unbranched alkanes of at least 4 members (excludes halogenated alkanes) is 35. The Balaban J connectivity index is 4.28. The minimum absolute atomic E-state index is 0.0635. The van der Waals surface area contributed by atoms with Crippen LogP contribution in [0.5, 0.6) is 0 Å². The number of carbonyl (C=O) groups is 3. The Labute approximate surface area is 412 Å². The van der Waals surface area contributed by atoms with Crippen LogP contribution in [0.2, 0.25) is 0 Å². The Bertz CT molecular complexity index is 1020. The van der Waals surface area contributed by atoms with Gasteiger partial charge in [-0.15, -0.1) is 0 Å². The molecule has 0 saturated carbocycles. The number of hydrogen-bond acceptors (Lipinski definition) is 6. The first-order valence-electron chi connectivity index (χ1n) is 29.6. The molecule has 0 heterocycles. The predicted molar refractivity (Wildman–Crippen MR) is 284 cm³/mol. The standard InChI is InChI=1S/C60H116O6/c1-7-56(6)48-42-36-30-24-18-14-11-12-16-20-26-33-39-45-51-60(63)66-57(53-65-59(62)50-44-38-32-27-21-23-29-35-41-47-55(4)5)52-64-58(61)49-43-37-31-25-19-15-10-8-9-13-17-22-28-34-40-46-54(2)3/h54-57H,7-53H2,1-6H3/t56?,57-/m1/s1. The zero-order valence-electron chi connectivity index (χ0n) is 45.5. The van der Waals surface area contributed by atoms with Crippen LogP contribution in [0.25, 0.3) is 0 Å². The molecule has 0 fully saturated rings. The molecule has 0 aliphatic heterocycles. The van der Waals surface area contributed by atoms with E-state index in [2.05, 4.69) is 41.5 Å². The monoisotopic (exact) mass is 933 g/mol. The lowest BCUT2D eigenvalue weighted by molar-refractivity contribution is -0.167. The van der Waals surface area contributed by atoms with E-state index in [1.165, 1.54) is 212 Å². The summed E-state index contributed by atoms with van der Waals surface area (Å²) in [5.41, 5.74) is 0. The summed E-state index contributed by atoms with van der Waals surface area (Å²) in [7, 11) is 0. The van der Waals surface area contributed by atoms with Crippen molar-refractivity contribution in [2.75, 3.05) is 13.2 Å². The Morgan fingerprint density at radius 3 is 0.788 bits per heavy atom. The van der Waals surface area contributed by atoms with Crippen LogP contribution < -0.4 is 0 Å². The van der Waals surface area contributed by atoms with Crippen LogP contribution in [0.3, 0.4) is 0 Å². The molecule has 0 bridgehead atoms. The second-order valence-electron chi connectivity index (χ2n) is 21.8. The lowest BCUT2D eigenvalue weighted by Crippen LogP contribution is -2.30. The average molecular weight is 934 g/mol. The van der Waals surface area contributed by atoms with Crippen molar-refractivity contribution in [2.45, 2.75) is 337 Å². The summed E-state index contributed by atoms with van der Waals surface area (Å²) in [4.78, 5) is 38.2. The minimum atomic E-state index is -0.764. The molecule has 6 heteroatoms. The molecule has 1 unspecified atom stereocenters. The van der Waals surface area contributed by atoms with Crippen LogP contribution in [0.4, 0.5) is 0 Å². The van der Waals surface area contributed by atoms with Crippen LogP contribution in [0.15, 0.2) is 0 Å². The molecule has 66 heavy (non-hydrogen) atoms. The highest BCUT2D eigenvalue weighted by atomic mass is 16.6. The van der Waals surface area contributed by atoms with Gasteiger partial charge in [0.05, 0.1) is 0 Å². The molecule has 0 aromatic carbocycles. The largest absolute Gasteiger partial charge is 0.462 e. The summed E-state index contributed by atoms with van der Waals surface area (Å²) >= 11 is 0. The molecule has 392 valence electrons. The summed E-state index contributed by atoms with van der Waals surface area (Å²) in [5, 5.41) is 0. The number of esters is 3. The van der Waals surface area contributed by atoms with Gasteiger partial charge in [-0.25, -0.2) is 0 Å². The first-order valence-corrected chi connectivity index (χ1v) is 29.6. The van der Waals surface area contributed by atoms with Gasteiger partial charge < -0.3 is 14.2 Å². The number of hydrogen-bond donors (Lipinski definition) is 0. The molecule has 0 rings (SSSR count). The maximum atomic E-state index is 12.9. The molecule has 0 aliphatic rings. The molecular weight excluding hydrogens is 817 g/mol. The van der Waals surface area contributed by atoms with Crippen molar-refractivity contribution in [1.29, 1.82) is 0 Å². The number of carbonyl (C=O) groups excluding carboxylic acids is 3. The van der Waals surface area contributed by atoms with E-state index < -0.39 is 6.10 Å². The molecule has 0 radical (unpaired) electrons. The third kappa shape index (κ3) is 51.8. The topological polar surface area (TPSA) is 78.9 Å². The Morgan fingerprint density at radius 2 is 0.530 bits per heavy atom. The highest BCUT2D eigenvalue weighted by molar-refractivity contribution is 5.71. The lowest BCUT2D eigenvalue weighted by atomic mass is 9.99. The van der Waals surface area contributed by atoms with Crippen LogP contribution >= 0.6 is 0 Å². The van der Waals surface area contributed by atoms with E-state index in [0.29, 0.717) is 19.3 Å². The van der Waals surface area contributed by atoms with Crippen LogP contribution in [0, 0.1) is 17.8 Å². The molecule has 0 aromatic rings. The van der Waals surface area contributed by atoms with Crippen LogP contribution in [-0.4, -0.2) is 37.2 Å². The minimum Gasteiger partial charge on any atom is -0.462 e. The Hall–Kier alpha value is -1.59. The highest BCUT2D eigenvalue weighted by Crippen LogP contribution is 2.19. The van der Waals surface area contributed by atoms with E-state index in [0.717, 1.165) is 75.5 Å². The first kappa shape index (κ1) is 64.4. The third-order valence-electron chi connectivity index (χ3n) is 14.0. The zero-order valence-corrected chi connectivity index (χ0v) is 45.5. The van der Waals surface area contributed by atoms with Crippen molar-refractivity contribution in [3.05, 3.63) is 0 Å². The molecule has 6 nitrogen and oxygen atoms in total. The summed E-state index contributed by atoms with van der Waals surface area (Å²) in [6, 6.07) is 0. The molecule has 0 aliphatic carbocycles. The third-order valence-corrected chi connectivity index (χ3v) is 14.0. The quantitative estimate of drug-likeness (QED) is 0.0343. The summed E-state index contributed by atoms with van der Waals surface area (Å²) in [5.74, 6) is 1.71. The number of ether oxygens (including phenoxy) is 3. The Morgan fingerprint density at radius 1 is 0.303 bits per heavy atom. The average Bonchev–Trinajstić information content (AvgIpc) is 3.29. The SMILES string of the molecule is CCC(C)CCCCCCCCCCCCCCCCC(=O)O[C@H](COC(=O)CCCCCCCCCCCCCCCCCC(C)C)COC(=O)CCCCCCCCCCCC(C)C. The number of rotatable bonds is 53. The summed E-state index contributed by atoms with van der Waals surface area (Å²) in [6.45, 7) is 13.8. The van der Waals surface area contributed by atoms with Gasteiger partial charge in [0.25, 0.3) is 0 Å². The predicted octanol–water partition coefficient (Wildman–Crippen LogP) is 19.5. The Kier molecular flexibility index (Phi) is 50.0. The maximum Gasteiger partial charge on any atom is 0.306 e. The maximum absolute atomic E-state index is 12.9. The van der Waals surface area contributed by atoms with Crippen molar-refractivity contribution in [1.82, 2.24) is 0 Å². The van der Waals surface area contributed by atoms with Gasteiger partial charge in [0.2, 0.25) is 0 Å². The highest BCUT2D eigenvalue weighted by Gasteiger charge is 2.19. The van der Waals surface area contributed by atoms with Crippen LogP contribution in [0.1, 0.15) is 330 Å². The van der Waals surface area contributed by atoms with Crippen molar-refractivity contribution in [3.63, 3.8) is 0 Å². The van der Waals surface area contributed by atoms with Gasteiger partial charge in [0, 0.05) is 19.3 Å². The van der Waals surface area contributed by atoms with Gasteiger partial charge >= 0.3 is 17.9 Å². The van der Waals surface area contributed by atoms with Crippen molar-refractivity contribution in [2.24, 2.45) is 17.8 Å². The summed E-state index contributed by atoms with van der Waals surface area (Å²) in [6.07, 6.45) is 53.8. The molecule has 0 amide bonds. The normalized spacial score (nSPS) is 12.5. The van der Waals surface area contributed by atoms with Gasteiger partial charge in [-0.2, -0.15) is 0 Å². The van der Waals surface area contributed by atoms with E-state index >= 15 is 0 Å². The zero-order chi connectivity index (χ0) is 48.4. The van der Waals surface area contributed by atoms with E-state index in [1.54, 1.807) is 0 Å². The lowest BCUT2D eigenvalue weighted by Gasteiger charge is -2.18. The van der Waals surface area contributed by atoms with Gasteiger partial charge in [0.15, 0.2) is 6.10 Å². The fourth-order valence-corrected chi connectivity index (χ4v) is 9.14. The molecule has 0 aromatic heterocycles. The van der Waals surface area contributed by atoms with Gasteiger partial charge in [-0.3, -0.25) is 14.4 Å². The summed E-state index contributed by atoms with van der Waals surface area (Å²) < 4.78 is 16.9. The molecular formula is C60H116O6. The van der Waals surface area contributed by atoms with Gasteiger partial charge in [-0.05, 0) is 37.0 Å². The van der Waals surface area contributed by atoms with Gasteiger partial charge in [-0.1, -0.05) is 292 Å². The van der Waals surface area contributed by atoms with Crippen LogP contribution in [-0.2, 0) is 28.6 Å². The van der Waals surface area contributed by atoms with E-state index in [-0.39, 0.29) is 31.1 Å².